The molecule has 2 nitrogen and oxygen atoms in total. The van der Waals surface area contributed by atoms with Crippen LogP contribution >= 0.6 is 11.3 Å². The number of ether oxygens (including phenoxy) is 1. The molecule has 0 fully saturated rings. The van der Waals surface area contributed by atoms with Crippen molar-refractivity contribution in [2.24, 2.45) is 5.73 Å². The van der Waals surface area contributed by atoms with Crippen LogP contribution in [0.3, 0.4) is 0 Å². The van der Waals surface area contributed by atoms with Gasteiger partial charge >= 0.3 is 0 Å². The molecule has 0 bridgehead atoms. The number of nitrogens with two attached hydrogens (primary N) is 1. The van der Waals surface area contributed by atoms with Crippen LogP contribution in [0.25, 0.3) is 0 Å². The summed E-state index contributed by atoms with van der Waals surface area (Å²) in [5, 5.41) is 2.09. The topological polar surface area (TPSA) is 35.2 Å². The summed E-state index contributed by atoms with van der Waals surface area (Å²) in [6.07, 6.45) is 0.948. The van der Waals surface area contributed by atoms with Crippen molar-refractivity contribution in [2.45, 2.75) is 26.3 Å². The first-order valence-corrected chi connectivity index (χ1v) is 7.06. The third-order valence-electron chi connectivity index (χ3n) is 2.84. The van der Waals surface area contributed by atoms with Gasteiger partial charge in [-0.3, -0.25) is 0 Å². The van der Waals surface area contributed by atoms with E-state index >= 15 is 0 Å². The summed E-state index contributed by atoms with van der Waals surface area (Å²) < 4.78 is 5.85. The molecule has 0 spiro atoms. The Morgan fingerprint density at radius 3 is 2.83 bits per heavy atom. The maximum absolute atomic E-state index is 5.97. The fourth-order valence-electron chi connectivity index (χ4n) is 1.87. The molecule has 1 aromatic carbocycles. The van der Waals surface area contributed by atoms with Gasteiger partial charge in [0.1, 0.15) is 5.75 Å². The lowest BCUT2D eigenvalue weighted by molar-refractivity contribution is 0.318. The first kappa shape index (κ1) is 13.1. The summed E-state index contributed by atoms with van der Waals surface area (Å²) in [4.78, 5) is 1.35. The van der Waals surface area contributed by atoms with E-state index in [-0.39, 0.29) is 6.04 Å². The Hall–Kier alpha value is -1.32. The third kappa shape index (κ3) is 3.34. The molecule has 3 heteroatoms. The van der Waals surface area contributed by atoms with E-state index in [0.717, 1.165) is 17.7 Å². The molecule has 0 radical (unpaired) electrons. The van der Waals surface area contributed by atoms with Crippen LogP contribution in [0.4, 0.5) is 0 Å². The maximum Gasteiger partial charge on any atom is 0.124 e. The van der Waals surface area contributed by atoms with Crippen molar-refractivity contribution in [2.75, 3.05) is 6.61 Å². The quantitative estimate of drug-likeness (QED) is 0.890. The molecule has 0 unspecified atom stereocenters. The molecule has 1 aromatic heterocycles. The smallest absolute Gasteiger partial charge is 0.124 e. The molecule has 2 aromatic rings. The minimum Gasteiger partial charge on any atom is -0.493 e. The van der Waals surface area contributed by atoms with Gasteiger partial charge in [-0.1, -0.05) is 23.8 Å². The van der Waals surface area contributed by atoms with E-state index in [0.29, 0.717) is 6.61 Å². The van der Waals surface area contributed by atoms with Crippen molar-refractivity contribution < 1.29 is 4.74 Å². The van der Waals surface area contributed by atoms with Crippen molar-refractivity contribution in [3.63, 3.8) is 0 Å². The molecule has 2 rings (SSSR count). The normalized spacial score (nSPS) is 12.4. The fourth-order valence-corrected chi connectivity index (χ4v) is 2.56. The average Bonchev–Trinajstić information content (AvgIpc) is 2.84. The van der Waals surface area contributed by atoms with Crippen molar-refractivity contribution >= 4 is 11.3 Å². The van der Waals surface area contributed by atoms with E-state index in [2.05, 4.69) is 36.6 Å². The second-order valence-corrected chi connectivity index (χ2v) is 5.54. The minimum atomic E-state index is 0.00152. The van der Waals surface area contributed by atoms with Gasteiger partial charge in [0.15, 0.2) is 0 Å². The standard InChI is InChI=1S/C15H19NOS/c1-11-5-6-15(14(10-11)12(2)16)17-8-7-13-4-3-9-18-13/h3-6,9-10,12H,7-8,16H2,1-2H3/t12-/m1/s1. The van der Waals surface area contributed by atoms with Crippen LogP contribution in [0.5, 0.6) is 5.75 Å². The van der Waals surface area contributed by atoms with Gasteiger partial charge in [0.25, 0.3) is 0 Å². The summed E-state index contributed by atoms with van der Waals surface area (Å²) in [6, 6.07) is 10.4. The molecule has 0 aliphatic heterocycles. The molecular weight excluding hydrogens is 242 g/mol. The predicted octanol–water partition coefficient (Wildman–Crippen LogP) is 3.70. The Morgan fingerprint density at radius 1 is 1.33 bits per heavy atom. The number of rotatable bonds is 5. The van der Waals surface area contributed by atoms with Gasteiger partial charge in [0, 0.05) is 22.9 Å². The fraction of sp³-hybridized carbons (Fsp3) is 0.333. The highest BCUT2D eigenvalue weighted by Gasteiger charge is 2.08. The Labute approximate surface area is 112 Å². The number of benzene rings is 1. The molecule has 0 saturated heterocycles. The monoisotopic (exact) mass is 261 g/mol. The molecule has 1 heterocycles. The van der Waals surface area contributed by atoms with Crippen LogP contribution in [0, 0.1) is 6.92 Å². The van der Waals surface area contributed by atoms with Gasteiger partial charge in [-0.05, 0) is 31.4 Å². The largest absolute Gasteiger partial charge is 0.493 e. The van der Waals surface area contributed by atoms with E-state index in [1.54, 1.807) is 11.3 Å². The van der Waals surface area contributed by atoms with Crippen molar-refractivity contribution in [1.82, 2.24) is 0 Å². The van der Waals surface area contributed by atoms with Gasteiger partial charge in [-0.25, -0.2) is 0 Å². The molecule has 96 valence electrons. The first-order valence-electron chi connectivity index (χ1n) is 6.18. The molecule has 0 aliphatic rings. The van der Waals surface area contributed by atoms with Gasteiger partial charge < -0.3 is 10.5 Å². The first-order chi connectivity index (χ1) is 8.66. The lowest BCUT2D eigenvalue weighted by Gasteiger charge is -2.14. The summed E-state index contributed by atoms with van der Waals surface area (Å²) in [6.45, 7) is 4.76. The Morgan fingerprint density at radius 2 is 2.17 bits per heavy atom. The SMILES string of the molecule is Cc1ccc(OCCc2cccs2)c([C@@H](C)N)c1. The van der Waals surface area contributed by atoms with Crippen LogP contribution in [0.15, 0.2) is 35.7 Å². The second-order valence-electron chi connectivity index (χ2n) is 4.51. The summed E-state index contributed by atoms with van der Waals surface area (Å²) in [7, 11) is 0. The number of hydrogen-bond donors (Lipinski definition) is 1. The molecule has 0 saturated carbocycles. The molecule has 0 amide bonds. The Bertz CT molecular complexity index is 491. The molecule has 0 aliphatic carbocycles. The van der Waals surface area contributed by atoms with Crippen molar-refractivity contribution in [3.05, 3.63) is 51.7 Å². The molecule has 2 N–H and O–H groups in total. The number of hydrogen-bond acceptors (Lipinski definition) is 3. The summed E-state index contributed by atoms with van der Waals surface area (Å²) in [5.41, 5.74) is 8.27. The summed E-state index contributed by atoms with van der Waals surface area (Å²) in [5.74, 6) is 0.909. The van der Waals surface area contributed by atoms with E-state index < -0.39 is 0 Å². The highest BCUT2D eigenvalue weighted by molar-refractivity contribution is 7.09. The van der Waals surface area contributed by atoms with Crippen molar-refractivity contribution in [1.29, 1.82) is 0 Å². The zero-order valence-corrected chi connectivity index (χ0v) is 11.7. The highest BCUT2D eigenvalue weighted by atomic mass is 32.1. The Balaban J connectivity index is 2.00. The van der Waals surface area contributed by atoms with Gasteiger partial charge in [-0.15, -0.1) is 11.3 Å². The summed E-state index contributed by atoms with van der Waals surface area (Å²) >= 11 is 1.77. The van der Waals surface area contributed by atoms with Gasteiger partial charge in [0.2, 0.25) is 0 Å². The van der Waals surface area contributed by atoms with Crippen LogP contribution in [-0.2, 0) is 6.42 Å². The molecule has 1 atom stereocenters. The third-order valence-corrected chi connectivity index (χ3v) is 3.78. The maximum atomic E-state index is 5.97. The Kier molecular flexibility index (Phi) is 4.39. The minimum absolute atomic E-state index is 0.00152. The zero-order chi connectivity index (χ0) is 13.0. The van der Waals surface area contributed by atoms with Crippen LogP contribution in [0.2, 0.25) is 0 Å². The highest BCUT2D eigenvalue weighted by Crippen LogP contribution is 2.25. The lowest BCUT2D eigenvalue weighted by Crippen LogP contribution is -2.09. The van der Waals surface area contributed by atoms with E-state index in [9.17, 15) is 0 Å². The van der Waals surface area contributed by atoms with Gasteiger partial charge in [0.05, 0.1) is 6.61 Å². The van der Waals surface area contributed by atoms with Crippen LogP contribution in [-0.4, -0.2) is 6.61 Å². The lowest BCUT2D eigenvalue weighted by atomic mass is 10.1. The van der Waals surface area contributed by atoms with E-state index in [1.165, 1.54) is 10.4 Å². The zero-order valence-electron chi connectivity index (χ0n) is 10.8. The number of aryl methyl sites for hydroxylation is 1. The van der Waals surface area contributed by atoms with E-state index in [1.807, 2.05) is 13.0 Å². The van der Waals surface area contributed by atoms with Gasteiger partial charge in [-0.2, -0.15) is 0 Å². The van der Waals surface area contributed by atoms with Crippen LogP contribution < -0.4 is 10.5 Å². The number of thiophene rings is 1. The average molecular weight is 261 g/mol. The van der Waals surface area contributed by atoms with E-state index in [4.69, 9.17) is 10.5 Å². The molecule has 18 heavy (non-hydrogen) atoms. The second kappa shape index (κ2) is 6.03. The predicted molar refractivity (Wildman–Crippen MR) is 77.3 cm³/mol. The molecular formula is C15H19NOS. The van der Waals surface area contributed by atoms with Crippen LogP contribution in [0.1, 0.15) is 29.0 Å². The van der Waals surface area contributed by atoms with Crippen molar-refractivity contribution in [3.8, 4) is 5.75 Å².